The third kappa shape index (κ3) is 2.96. The quantitative estimate of drug-likeness (QED) is 0.517. The summed E-state index contributed by atoms with van der Waals surface area (Å²) in [6, 6.07) is 4.67. The summed E-state index contributed by atoms with van der Waals surface area (Å²) in [7, 11) is 0. The lowest BCUT2D eigenvalue weighted by Crippen LogP contribution is -2.34. The van der Waals surface area contributed by atoms with Crippen molar-refractivity contribution in [2.75, 3.05) is 24.6 Å². The molecule has 1 saturated heterocycles. The number of anilines is 1. The van der Waals surface area contributed by atoms with Gasteiger partial charge in [-0.15, -0.1) is 0 Å². The molecule has 0 saturated carbocycles. The van der Waals surface area contributed by atoms with E-state index in [2.05, 4.69) is 4.90 Å². The second kappa shape index (κ2) is 6.00. The number of rotatable bonds is 4. The van der Waals surface area contributed by atoms with Gasteiger partial charge in [0.15, 0.2) is 5.78 Å². The Bertz CT molecular complexity index is 522. The minimum atomic E-state index is -0.529. The molecule has 0 aliphatic carbocycles. The molecule has 1 aromatic rings. The largest absolute Gasteiger partial charge is 0.396 e. The Balaban J connectivity index is 2.24. The minimum Gasteiger partial charge on any atom is -0.396 e. The third-order valence-electron chi connectivity index (χ3n) is 3.79. The van der Waals surface area contributed by atoms with E-state index in [1.54, 1.807) is 12.1 Å². The predicted octanol–water partition coefficient (Wildman–Crippen LogP) is 2.01. The van der Waals surface area contributed by atoms with E-state index < -0.39 is 4.92 Å². The average Bonchev–Trinajstić information content (AvgIpc) is 2.46. The van der Waals surface area contributed by atoms with Crippen LogP contribution in [0.2, 0.25) is 0 Å². The van der Waals surface area contributed by atoms with Crippen LogP contribution in [0, 0.1) is 16.0 Å². The molecule has 0 unspecified atom stereocenters. The van der Waals surface area contributed by atoms with E-state index in [0.29, 0.717) is 5.92 Å². The Hall–Kier alpha value is -1.95. The van der Waals surface area contributed by atoms with Crippen molar-refractivity contribution in [3.63, 3.8) is 0 Å². The molecular weight excluding hydrogens is 260 g/mol. The zero-order valence-corrected chi connectivity index (χ0v) is 11.4. The molecule has 1 aliphatic rings. The summed E-state index contributed by atoms with van der Waals surface area (Å²) in [6.07, 6.45) is 1.78. The molecule has 0 amide bonds. The summed E-state index contributed by atoms with van der Waals surface area (Å²) in [5.74, 6) is 0.0281. The van der Waals surface area contributed by atoms with Crippen molar-refractivity contribution in [2.45, 2.75) is 19.8 Å². The fourth-order valence-electron chi connectivity index (χ4n) is 2.54. The van der Waals surface area contributed by atoms with E-state index >= 15 is 0 Å². The van der Waals surface area contributed by atoms with Gasteiger partial charge in [-0.2, -0.15) is 0 Å². The van der Waals surface area contributed by atoms with Crippen molar-refractivity contribution >= 4 is 17.2 Å². The third-order valence-corrected chi connectivity index (χ3v) is 3.79. The smallest absolute Gasteiger partial charge is 0.280 e. The van der Waals surface area contributed by atoms with Gasteiger partial charge in [0.05, 0.1) is 10.5 Å². The molecule has 6 nitrogen and oxygen atoms in total. The van der Waals surface area contributed by atoms with Gasteiger partial charge in [0, 0.05) is 31.5 Å². The van der Waals surface area contributed by atoms with Gasteiger partial charge in [0.25, 0.3) is 5.69 Å². The number of nitro benzene ring substituents is 1. The van der Waals surface area contributed by atoms with Crippen molar-refractivity contribution in [3.8, 4) is 0 Å². The molecule has 20 heavy (non-hydrogen) atoms. The van der Waals surface area contributed by atoms with E-state index in [1.165, 1.54) is 13.0 Å². The van der Waals surface area contributed by atoms with Gasteiger partial charge in [-0.3, -0.25) is 14.9 Å². The van der Waals surface area contributed by atoms with E-state index in [1.807, 2.05) is 0 Å². The molecule has 1 aliphatic heterocycles. The van der Waals surface area contributed by atoms with Crippen LogP contribution >= 0.6 is 0 Å². The van der Waals surface area contributed by atoms with Gasteiger partial charge in [-0.25, -0.2) is 0 Å². The predicted molar refractivity (Wildman–Crippen MR) is 75.1 cm³/mol. The van der Waals surface area contributed by atoms with E-state index in [0.717, 1.165) is 31.6 Å². The molecule has 0 atom stereocenters. The lowest BCUT2D eigenvalue weighted by Gasteiger charge is -2.33. The lowest BCUT2D eigenvalue weighted by atomic mass is 9.97. The molecule has 0 radical (unpaired) electrons. The zero-order chi connectivity index (χ0) is 14.7. The number of nitro groups is 1. The van der Waals surface area contributed by atoms with Gasteiger partial charge >= 0.3 is 0 Å². The molecule has 0 aromatic heterocycles. The second-order valence-electron chi connectivity index (χ2n) is 5.13. The number of hydrogen-bond acceptors (Lipinski definition) is 5. The number of carbonyl (C=O) groups is 1. The highest BCUT2D eigenvalue weighted by Crippen LogP contribution is 2.28. The Morgan fingerprint density at radius 3 is 2.60 bits per heavy atom. The van der Waals surface area contributed by atoms with Crippen LogP contribution in [-0.2, 0) is 0 Å². The summed E-state index contributed by atoms with van der Waals surface area (Å²) in [6.45, 7) is 3.12. The molecule has 108 valence electrons. The maximum absolute atomic E-state index is 11.5. The van der Waals surface area contributed by atoms with Crippen LogP contribution in [0.15, 0.2) is 18.2 Å². The number of hydrogen-bond donors (Lipinski definition) is 1. The first kappa shape index (κ1) is 14.5. The number of aliphatic hydroxyl groups excluding tert-OH is 1. The Labute approximate surface area is 117 Å². The van der Waals surface area contributed by atoms with Gasteiger partial charge in [-0.05, 0) is 37.8 Å². The first-order valence-electron chi connectivity index (χ1n) is 6.68. The maximum Gasteiger partial charge on any atom is 0.280 e. The normalized spacial score (nSPS) is 16.2. The maximum atomic E-state index is 11.5. The minimum absolute atomic E-state index is 0.147. The van der Waals surface area contributed by atoms with Crippen molar-refractivity contribution in [1.82, 2.24) is 0 Å². The molecule has 6 heteroatoms. The second-order valence-corrected chi connectivity index (χ2v) is 5.13. The number of piperidine rings is 1. The average molecular weight is 278 g/mol. The number of carbonyl (C=O) groups excluding carboxylic acids is 1. The zero-order valence-electron chi connectivity index (χ0n) is 11.4. The Kier molecular flexibility index (Phi) is 4.34. The number of aliphatic hydroxyl groups is 1. The highest BCUT2D eigenvalue weighted by Gasteiger charge is 2.22. The molecule has 1 heterocycles. The molecule has 1 aromatic carbocycles. The van der Waals surface area contributed by atoms with Crippen LogP contribution < -0.4 is 4.90 Å². The van der Waals surface area contributed by atoms with E-state index in [-0.39, 0.29) is 23.6 Å². The Morgan fingerprint density at radius 1 is 1.45 bits per heavy atom. The molecule has 1 fully saturated rings. The summed E-state index contributed by atoms with van der Waals surface area (Å²) < 4.78 is 0. The fraction of sp³-hybridized carbons (Fsp3) is 0.500. The fourth-order valence-corrected chi connectivity index (χ4v) is 2.54. The van der Waals surface area contributed by atoms with Crippen molar-refractivity contribution in [2.24, 2.45) is 5.92 Å². The number of benzene rings is 1. The van der Waals surface area contributed by atoms with Crippen molar-refractivity contribution < 1.29 is 14.8 Å². The molecule has 0 spiro atoms. The van der Waals surface area contributed by atoms with Crippen molar-refractivity contribution in [3.05, 3.63) is 33.9 Å². The van der Waals surface area contributed by atoms with Crippen LogP contribution in [0.5, 0.6) is 0 Å². The SMILES string of the molecule is CC(=O)c1cc(N2CCC(CO)CC2)ccc1[N+](=O)[O-]. The number of ketones is 1. The standard InChI is InChI=1S/C14H18N2O4/c1-10(18)13-8-12(2-3-14(13)16(19)20)15-6-4-11(9-17)5-7-15/h2-3,8,11,17H,4-7,9H2,1H3. The lowest BCUT2D eigenvalue weighted by molar-refractivity contribution is -0.385. The first-order valence-corrected chi connectivity index (χ1v) is 6.68. The molecule has 2 rings (SSSR count). The van der Waals surface area contributed by atoms with Crippen LogP contribution in [0.3, 0.4) is 0 Å². The number of nitrogens with zero attached hydrogens (tertiary/aromatic N) is 2. The van der Waals surface area contributed by atoms with Gasteiger partial charge in [0.2, 0.25) is 0 Å². The Morgan fingerprint density at radius 2 is 2.10 bits per heavy atom. The summed E-state index contributed by atoms with van der Waals surface area (Å²) in [5.41, 5.74) is 0.834. The summed E-state index contributed by atoms with van der Waals surface area (Å²) in [4.78, 5) is 24.0. The molecule has 0 bridgehead atoms. The summed E-state index contributed by atoms with van der Waals surface area (Å²) >= 11 is 0. The summed E-state index contributed by atoms with van der Waals surface area (Å²) in [5, 5.41) is 20.0. The van der Waals surface area contributed by atoms with Crippen LogP contribution in [0.25, 0.3) is 0 Å². The highest BCUT2D eigenvalue weighted by atomic mass is 16.6. The van der Waals surface area contributed by atoms with Crippen molar-refractivity contribution in [1.29, 1.82) is 0 Å². The highest BCUT2D eigenvalue weighted by molar-refractivity contribution is 5.99. The van der Waals surface area contributed by atoms with Gasteiger partial charge in [-0.1, -0.05) is 0 Å². The van der Waals surface area contributed by atoms with Crippen LogP contribution in [0.1, 0.15) is 30.1 Å². The first-order chi connectivity index (χ1) is 9.52. The van der Waals surface area contributed by atoms with Gasteiger partial charge < -0.3 is 10.0 Å². The number of Topliss-reactive ketones (excluding diaryl/α,β-unsaturated/α-hetero) is 1. The topological polar surface area (TPSA) is 83.7 Å². The van der Waals surface area contributed by atoms with E-state index in [9.17, 15) is 14.9 Å². The monoisotopic (exact) mass is 278 g/mol. The molecule has 1 N–H and O–H groups in total. The van der Waals surface area contributed by atoms with Gasteiger partial charge in [0.1, 0.15) is 0 Å². The van der Waals surface area contributed by atoms with Crippen LogP contribution in [-0.4, -0.2) is 35.5 Å². The van der Waals surface area contributed by atoms with Crippen LogP contribution in [0.4, 0.5) is 11.4 Å². The van der Waals surface area contributed by atoms with E-state index in [4.69, 9.17) is 5.11 Å². The molecular formula is C14H18N2O4.